The highest BCUT2D eigenvalue weighted by atomic mass is 16.4. The molecule has 0 aliphatic carbocycles. The Morgan fingerprint density at radius 1 is 1.00 bits per heavy atom. The molecule has 2 aromatic rings. The molecule has 3 atom stereocenters. The van der Waals surface area contributed by atoms with E-state index in [1.165, 1.54) is 35.0 Å². The molecule has 0 bridgehead atoms. The fraction of sp³-hybridized carbons (Fsp3) is 0.375. The Balaban J connectivity index is 1.92. The largest absolute Gasteiger partial charge is 0.508 e. The third-order valence-electron chi connectivity index (χ3n) is 5.38. The second-order valence-electron chi connectivity index (χ2n) is 8.77. The molecule has 37 heavy (non-hydrogen) atoms. The summed E-state index contributed by atoms with van der Waals surface area (Å²) in [6, 6.07) is 3.55. The Bertz CT molecular complexity index is 1180. The number of carbonyl (C=O) groups is 4. The van der Waals surface area contributed by atoms with Gasteiger partial charge in [0, 0.05) is 31.4 Å². The zero-order valence-electron chi connectivity index (χ0n) is 20.4. The molecule has 200 valence electrons. The van der Waals surface area contributed by atoms with Crippen LogP contribution in [-0.2, 0) is 32.1 Å². The highest BCUT2D eigenvalue weighted by Crippen LogP contribution is 2.11. The lowest BCUT2D eigenvalue weighted by Crippen LogP contribution is -2.56. The molecule has 0 aliphatic heterocycles. The number of nitrogens with zero attached hydrogens (tertiary/aromatic N) is 1. The van der Waals surface area contributed by atoms with Gasteiger partial charge in [-0.2, -0.15) is 0 Å². The lowest BCUT2D eigenvalue weighted by atomic mass is 10.0. The molecule has 0 fully saturated rings. The zero-order valence-corrected chi connectivity index (χ0v) is 20.4. The van der Waals surface area contributed by atoms with Crippen LogP contribution in [0.5, 0.6) is 11.5 Å². The number of aromatic nitrogens is 1. The molecule has 1 heterocycles. The molecule has 8 N–H and O–H groups in total. The van der Waals surface area contributed by atoms with Crippen molar-refractivity contribution in [2.24, 2.45) is 11.7 Å². The van der Waals surface area contributed by atoms with Crippen molar-refractivity contribution in [3.05, 3.63) is 58.5 Å². The van der Waals surface area contributed by atoms with Crippen LogP contribution in [0, 0.1) is 5.92 Å². The summed E-state index contributed by atoms with van der Waals surface area (Å²) in [5.41, 5.74) is 5.90. The molecular formula is C24H31N5O8. The maximum Gasteiger partial charge on any atom is 0.326 e. The van der Waals surface area contributed by atoms with Gasteiger partial charge in [-0.25, -0.2) is 4.79 Å². The average molecular weight is 518 g/mol. The van der Waals surface area contributed by atoms with Gasteiger partial charge in [-0.05, 0) is 23.6 Å². The van der Waals surface area contributed by atoms with Crippen LogP contribution in [0.2, 0.25) is 0 Å². The summed E-state index contributed by atoms with van der Waals surface area (Å²) < 4.78 is 1.35. The normalized spacial score (nSPS) is 13.3. The Morgan fingerprint density at radius 3 is 2.22 bits per heavy atom. The second kappa shape index (κ2) is 13.1. The Morgan fingerprint density at radius 2 is 1.65 bits per heavy atom. The Hall–Kier alpha value is -4.39. The van der Waals surface area contributed by atoms with E-state index in [9.17, 15) is 39.3 Å². The van der Waals surface area contributed by atoms with E-state index in [0.29, 0.717) is 5.56 Å². The van der Waals surface area contributed by atoms with E-state index >= 15 is 0 Å². The first kappa shape index (κ1) is 28.8. The van der Waals surface area contributed by atoms with E-state index in [1.807, 2.05) is 0 Å². The summed E-state index contributed by atoms with van der Waals surface area (Å²) in [5.74, 6) is -4.22. The molecule has 13 nitrogen and oxygen atoms in total. The van der Waals surface area contributed by atoms with E-state index in [2.05, 4.69) is 16.0 Å². The molecule has 13 heteroatoms. The topological polar surface area (TPSA) is 213 Å². The van der Waals surface area contributed by atoms with Gasteiger partial charge in [-0.1, -0.05) is 26.0 Å². The lowest BCUT2D eigenvalue weighted by Gasteiger charge is -2.24. The van der Waals surface area contributed by atoms with E-state index < -0.39 is 59.5 Å². The number of phenols is 1. The third kappa shape index (κ3) is 8.96. The first-order chi connectivity index (χ1) is 17.4. The molecule has 0 saturated carbocycles. The molecular weight excluding hydrogens is 486 g/mol. The summed E-state index contributed by atoms with van der Waals surface area (Å²) in [4.78, 5) is 60.4. The van der Waals surface area contributed by atoms with E-state index in [0.717, 1.165) is 12.3 Å². The van der Waals surface area contributed by atoms with Gasteiger partial charge < -0.3 is 41.6 Å². The molecule has 0 unspecified atom stereocenters. The van der Waals surface area contributed by atoms with Gasteiger partial charge in [0.25, 0.3) is 0 Å². The number of hydrogen-bond donors (Lipinski definition) is 7. The number of pyridine rings is 1. The fourth-order valence-electron chi connectivity index (χ4n) is 3.32. The van der Waals surface area contributed by atoms with E-state index in [4.69, 9.17) is 5.73 Å². The number of phenolic OH excluding ortho intramolecular Hbond substituents is 1. The van der Waals surface area contributed by atoms with Crippen LogP contribution in [0.15, 0.2) is 47.5 Å². The number of benzene rings is 1. The third-order valence-corrected chi connectivity index (χ3v) is 5.38. The van der Waals surface area contributed by atoms with Crippen LogP contribution in [0.1, 0.15) is 19.4 Å². The molecule has 2 rings (SSSR count). The molecule has 0 radical (unpaired) electrons. The van der Waals surface area contributed by atoms with Crippen molar-refractivity contribution in [3.8, 4) is 11.5 Å². The molecule has 1 aromatic carbocycles. The number of carbonyl (C=O) groups excluding carboxylic acids is 3. The summed E-state index contributed by atoms with van der Waals surface area (Å²) in [7, 11) is 0. The van der Waals surface area contributed by atoms with Gasteiger partial charge >= 0.3 is 5.97 Å². The highest BCUT2D eigenvalue weighted by molar-refractivity contribution is 5.92. The maximum atomic E-state index is 12.7. The predicted octanol–water partition coefficient (Wildman–Crippen LogP) is -1.34. The van der Waals surface area contributed by atoms with Crippen LogP contribution in [-0.4, -0.2) is 68.2 Å². The van der Waals surface area contributed by atoms with Crippen molar-refractivity contribution in [3.63, 3.8) is 0 Å². The van der Waals surface area contributed by atoms with Crippen molar-refractivity contribution < 1.29 is 34.5 Å². The van der Waals surface area contributed by atoms with Gasteiger partial charge in [0.05, 0.1) is 6.54 Å². The number of carboxylic acid groups (broad SMARTS) is 1. The van der Waals surface area contributed by atoms with Gasteiger partial charge in [0.2, 0.25) is 23.2 Å². The number of rotatable bonds is 12. The van der Waals surface area contributed by atoms with Crippen LogP contribution in [0.3, 0.4) is 0 Å². The number of nitrogens with one attached hydrogen (secondary N) is 3. The van der Waals surface area contributed by atoms with Crippen LogP contribution in [0.25, 0.3) is 0 Å². The standard InChI is InChI=1S/C24H31N5O8/c1-13(2)21(28-22(34)16(25)11-29-8-7-18(31)19(32)12-29)23(35)26-10-20(33)27-17(24(36)37)9-14-3-5-15(30)6-4-14/h3-8,12-13,16-17,21,30,32H,9-11,25H2,1-2H3,(H,26,35)(H,27,33)(H,28,34)(H,36,37)/t16-,17-,21-/m0/s1. The van der Waals surface area contributed by atoms with Crippen LogP contribution < -0.4 is 27.1 Å². The molecule has 3 amide bonds. The minimum Gasteiger partial charge on any atom is -0.508 e. The van der Waals surface area contributed by atoms with Gasteiger partial charge in [0.15, 0.2) is 5.75 Å². The summed E-state index contributed by atoms with van der Waals surface area (Å²) in [6.45, 7) is 2.74. The minimum absolute atomic E-state index is 0.0195. The van der Waals surface area contributed by atoms with Gasteiger partial charge in [-0.15, -0.1) is 0 Å². The zero-order chi connectivity index (χ0) is 27.7. The van der Waals surface area contributed by atoms with Gasteiger partial charge in [0.1, 0.15) is 23.9 Å². The summed E-state index contributed by atoms with van der Waals surface area (Å²) in [5, 5.41) is 35.5. The molecule has 1 aromatic heterocycles. The van der Waals surface area contributed by atoms with Crippen molar-refractivity contribution in [1.29, 1.82) is 0 Å². The SMILES string of the molecule is CC(C)[C@H](NC(=O)[C@@H](N)Cn1ccc(=O)c(O)c1)C(=O)NCC(=O)N[C@@H](Cc1ccc(O)cc1)C(=O)O. The van der Waals surface area contributed by atoms with Crippen molar-refractivity contribution in [2.75, 3.05) is 6.54 Å². The van der Waals surface area contributed by atoms with Crippen LogP contribution >= 0.6 is 0 Å². The van der Waals surface area contributed by atoms with Crippen molar-refractivity contribution >= 4 is 23.7 Å². The first-order valence-corrected chi connectivity index (χ1v) is 11.4. The molecule has 0 spiro atoms. The number of aromatic hydroxyl groups is 2. The predicted molar refractivity (Wildman–Crippen MR) is 131 cm³/mol. The van der Waals surface area contributed by atoms with E-state index in [1.54, 1.807) is 13.8 Å². The van der Waals surface area contributed by atoms with Crippen molar-refractivity contribution in [1.82, 2.24) is 20.5 Å². The quantitative estimate of drug-likeness (QED) is 0.177. The lowest BCUT2D eigenvalue weighted by molar-refractivity contribution is -0.141. The Labute approximate surface area is 212 Å². The smallest absolute Gasteiger partial charge is 0.326 e. The number of aliphatic carboxylic acids is 1. The van der Waals surface area contributed by atoms with Crippen molar-refractivity contribution in [2.45, 2.75) is 44.9 Å². The summed E-state index contributed by atoms with van der Waals surface area (Å²) >= 11 is 0. The van der Waals surface area contributed by atoms with E-state index in [-0.39, 0.29) is 24.6 Å². The highest BCUT2D eigenvalue weighted by Gasteiger charge is 2.27. The van der Waals surface area contributed by atoms with Gasteiger partial charge in [-0.3, -0.25) is 19.2 Å². The number of hydrogen-bond acceptors (Lipinski definition) is 8. The summed E-state index contributed by atoms with van der Waals surface area (Å²) in [6.07, 6.45) is 2.45. The number of nitrogens with two attached hydrogens (primary N) is 1. The second-order valence-corrected chi connectivity index (χ2v) is 8.77. The maximum absolute atomic E-state index is 12.7. The minimum atomic E-state index is -1.27. The number of carboxylic acids is 1. The fourth-order valence-corrected chi connectivity index (χ4v) is 3.32. The number of amides is 3. The average Bonchev–Trinajstić information content (AvgIpc) is 2.83. The van der Waals surface area contributed by atoms with Crippen LogP contribution in [0.4, 0.5) is 0 Å². The molecule has 0 saturated heterocycles. The monoisotopic (exact) mass is 517 g/mol. The molecule has 0 aliphatic rings. The first-order valence-electron chi connectivity index (χ1n) is 11.4. The Kier molecular flexibility index (Phi) is 10.2.